The summed E-state index contributed by atoms with van der Waals surface area (Å²) in [7, 11) is 3.37. The van der Waals surface area contributed by atoms with E-state index in [1.807, 2.05) is 32.9 Å². The van der Waals surface area contributed by atoms with Crippen molar-refractivity contribution in [3.8, 4) is 5.75 Å². The van der Waals surface area contributed by atoms with E-state index in [4.69, 9.17) is 10.5 Å². The smallest absolute Gasteiger partial charge is 0.230 e. The molecule has 0 fully saturated rings. The Morgan fingerprint density at radius 3 is 2.56 bits per heavy atom. The van der Waals surface area contributed by atoms with E-state index >= 15 is 0 Å². The summed E-state index contributed by atoms with van der Waals surface area (Å²) in [6.07, 6.45) is 0. The van der Waals surface area contributed by atoms with Crippen LogP contribution in [0.1, 0.15) is 18.1 Å². The number of amides is 1. The highest BCUT2D eigenvalue weighted by Gasteiger charge is 2.21. The zero-order valence-corrected chi connectivity index (χ0v) is 11.8. The van der Waals surface area contributed by atoms with Crippen molar-refractivity contribution < 1.29 is 9.53 Å². The number of carbonyl (C=O) groups is 1. The lowest BCUT2D eigenvalue weighted by molar-refractivity contribution is -0.121. The maximum Gasteiger partial charge on any atom is 0.230 e. The van der Waals surface area contributed by atoms with E-state index in [1.54, 1.807) is 19.1 Å². The largest absolute Gasteiger partial charge is 0.495 e. The Balaban J connectivity index is 3.20. The molecule has 4 nitrogen and oxygen atoms in total. The fourth-order valence-corrected chi connectivity index (χ4v) is 2.05. The number of nitrogens with two attached hydrogens (primary N) is 1. The summed E-state index contributed by atoms with van der Waals surface area (Å²) in [5.41, 5.74) is 8.49. The molecule has 2 N–H and O–H groups in total. The molecule has 0 heterocycles. The van der Waals surface area contributed by atoms with E-state index < -0.39 is 0 Å². The fraction of sp³-hybridized carbons (Fsp3) is 0.500. The third-order valence-electron chi connectivity index (χ3n) is 3.07. The molecule has 0 aliphatic heterocycles. The van der Waals surface area contributed by atoms with Crippen LogP contribution in [-0.2, 0) is 4.79 Å². The Morgan fingerprint density at radius 2 is 2.06 bits per heavy atom. The van der Waals surface area contributed by atoms with Crippen LogP contribution in [-0.4, -0.2) is 26.6 Å². The van der Waals surface area contributed by atoms with Gasteiger partial charge in [0.1, 0.15) is 5.75 Å². The van der Waals surface area contributed by atoms with Crippen LogP contribution in [0.25, 0.3) is 0 Å². The number of ether oxygens (including phenoxy) is 1. The molecule has 0 aliphatic carbocycles. The molecule has 0 saturated heterocycles. The van der Waals surface area contributed by atoms with Crippen molar-refractivity contribution in [2.24, 2.45) is 11.7 Å². The number of aryl methyl sites for hydroxylation is 2. The van der Waals surface area contributed by atoms with Gasteiger partial charge in [0.15, 0.2) is 0 Å². The highest BCUT2D eigenvalue weighted by atomic mass is 16.5. The third-order valence-corrected chi connectivity index (χ3v) is 3.07. The first-order valence-corrected chi connectivity index (χ1v) is 6.05. The molecule has 4 heteroatoms. The summed E-state index contributed by atoms with van der Waals surface area (Å²) in [4.78, 5) is 13.8. The molecule has 0 radical (unpaired) electrons. The highest BCUT2D eigenvalue weighted by molar-refractivity contribution is 5.96. The second-order valence-corrected chi connectivity index (χ2v) is 4.67. The molecular weight excluding hydrogens is 228 g/mol. The summed E-state index contributed by atoms with van der Waals surface area (Å²) in [5.74, 6) is 0.524. The Hall–Kier alpha value is -1.55. The lowest BCUT2D eigenvalue weighted by atomic mass is 10.1. The molecule has 1 amide bonds. The lowest BCUT2D eigenvalue weighted by Crippen LogP contribution is -2.35. The fourth-order valence-electron chi connectivity index (χ4n) is 2.05. The van der Waals surface area contributed by atoms with E-state index in [2.05, 4.69) is 0 Å². The molecule has 1 unspecified atom stereocenters. The maximum atomic E-state index is 12.2. The number of rotatable bonds is 4. The normalized spacial score (nSPS) is 12.1. The van der Waals surface area contributed by atoms with E-state index in [9.17, 15) is 4.79 Å². The quantitative estimate of drug-likeness (QED) is 0.887. The molecule has 1 rings (SSSR count). The van der Waals surface area contributed by atoms with Crippen molar-refractivity contribution >= 4 is 11.6 Å². The van der Waals surface area contributed by atoms with Gasteiger partial charge in [-0.2, -0.15) is 0 Å². The van der Waals surface area contributed by atoms with Gasteiger partial charge in [-0.1, -0.05) is 13.0 Å². The summed E-state index contributed by atoms with van der Waals surface area (Å²) < 4.78 is 5.37. The average molecular weight is 250 g/mol. The number of nitrogens with zero attached hydrogens (tertiary/aromatic N) is 1. The molecule has 0 aromatic heterocycles. The van der Waals surface area contributed by atoms with Crippen molar-refractivity contribution in [3.05, 3.63) is 23.3 Å². The number of anilines is 1. The van der Waals surface area contributed by atoms with E-state index in [-0.39, 0.29) is 11.8 Å². The van der Waals surface area contributed by atoms with Crippen LogP contribution in [0, 0.1) is 19.8 Å². The highest BCUT2D eigenvalue weighted by Crippen LogP contribution is 2.33. The first-order chi connectivity index (χ1) is 8.42. The van der Waals surface area contributed by atoms with Crippen molar-refractivity contribution in [1.29, 1.82) is 0 Å². The van der Waals surface area contributed by atoms with Gasteiger partial charge < -0.3 is 15.4 Å². The molecule has 0 aliphatic rings. The summed E-state index contributed by atoms with van der Waals surface area (Å²) in [5, 5.41) is 0. The summed E-state index contributed by atoms with van der Waals surface area (Å²) in [6, 6.07) is 3.97. The Morgan fingerprint density at radius 1 is 1.44 bits per heavy atom. The second kappa shape index (κ2) is 5.87. The zero-order valence-electron chi connectivity index (χ0n) is 11.8. The SMILES string of the molecule is COc1cc(C)cc(C)c1N(C)C(=O)C(C)CN. The minimum Gasteiger partial charge on any atom is -0.495 e. The molecule has 1 aromatic rings. The van der Waals surface area contributed by atoms with E-state index in [0.29, 0.717) is 12.3 Å². The van der Waals surface area contributed by atoms with Gasteiger partial charge in [0.25, 0.3) is 0 Å². The Labute approximate surface area is 109 Å². The Bertz CT molecular complexity index is 444. The topological polar surface area (TPSA) is 55.6 Å². The molecule has 100 valence electrons. The van der Waals surface area contributed by atoms with Crippen LogP contribution in [0.3, 0.4) is 0 Å². The van der Waals surface area contributed by atoms with Crippen LogP contribution >= 0.6 is 0 Å². The summed E-state index contributed by atoms with van der Waals surface area (Å²) in [6.45, 7) is 6.15. The predicted molar refractivity (Wildman–Crippen MR) is 74.1 cm³/mol. The lowest BCUT2D eigenvalue weighted by Gasteiger charge is -2.25. The standard InChI is InChI=1S/C14H22N2O2/c1-9-6-10(2)13(12(7-9)18-5)16(4)14(17)11(3)8-15/h6-7,11H,8,15H2,1-5H3. The van der Waals surface area contributed by atoms with E-state index in [0.717, 1.165) is 16.8 Å². The van der Waals surface area contributed by atoms with Crippen molar-refractivity contribution in [1.82, 2.24) is 0 Å². The minimum atomic E-state index is -0.194. The maximum absolute atomic E-state index is 12.2. The molecule has 18 heavy (non-hydrogen) atoms. The number of carbonyl (C=O) groups excluding carboxylic acids is 1. The predicted octanol–water partition coefficient (Wildman–Crippen LogP) is 1.87. The zero-order chi connectivity index (χ0) is 13.9. The number of hydrogen-bond donors (Lipinski definition) is 1. The monoisotopic (exact) mass is 250 g/mol. The summed E-state index contributed by atoms with van der Waals surface area (Å²) >= 11 is 0. The first-order valence-electron chi connectivity index (χ1n) is 6.05. The molecule has 1 aromatic carbocycles. The van der Waals surface area contributed by atoms with Crippen LogP contribution in [0.2, 0.25) is 0 Å². The van der Waals surface area contributed by atoms with Crippen LogP contribution in [0.4, 0.5) is 5.69 Å². The molecule has 0 spiro atoms. The van der Waals surface area contributed by atoms with Crippen LogP contribution in [0.15, 0.2) is 12.1 Å². The molecule has 1 atom stereocenters. The van der Waals surface area contributed by atoms with Gasteiger partial charge >= 0.3 is 0 Å². The number of benzene rings is 1. The van der Waals surface area contributed by atoms with Crippen molar-refractivity contribution in [2.75, 3.05) is 25.6 Å². The number of hydrogen-bond acceptors (Lipinski definition) is 3. The van der Waals surface area contributed by atoms with Gasteiger partial charge in [0, 0.05) is 19.5 Å². The minimum absolute atomic E-state index is 0.00255. The van der Waals surface area contributed by atoms with Gasteiger partial charge in [-0.3, -0.25) is 4.79 Å². The second-order valence-electron chi connectivity index (χ2n) is 4.67. The van der Waals surface area contributed by atoms with Gasteiger partial charge in [-0.05, 0) is 31.0 Å². The van der Waals surface area contributed by atoms with E-state index in [1.165, 1.54) is 0 Å². The third kappa shape index (κ3) is 2.82. The number of methoxy groups -OCH3 is 1. The molecular formula is C14H22N2O2. The molecule has 0 saturated carbocycles. The first kappa shape index (κ1) is 14.5. The average Bonchev–Trinajstić information content (AvgIpc) is 2.35. The Kier molecular flexibility index (Phi) is 4.73. The van der Waals surface area contributed by atoms with Crippen LogP contribution < -0.4 is 15.4 Å². The van der Waals surface area contributed by atoms with Gasteiger partial charge in [-0.25, -0.2) is 0 Å². The van der Waals surface area contributed by atoms with Gasteiger partial charge in [0.05, 0.1) is 12.8 Å². The molecule has 0 bridgehead atoms. The van der Waals surface area contributed by atoms with Crippen molar-refractivity contribution in [2.45, 2.75) is 20.8 Å². The van der Waals surface area contributed by atoms with Gasteiger partial charge in [0.2, 0.25) is 5.91 Å². The van der Waals surface area contributed by atoms with Gasteiger partial charge in [-0.15, -0.1) is 0 Å². The van der Waals surface area contributed by atoms with Crippen molar-refractivity contribution in [3.63, 3.8) is 0 Å². The van der Waals surface area contributed by atoms with Crippen LogP contribution in [0.5, 0.6) is 5.75 Å².